The zero-order valence-corrected chi connectivity index (χ0v) is 17.3. The molecule has 0 saturated carbocycles. The predicted octanol–water partition coefficient (Wildman–Crippen LogP) is -0.411. The predicted molar refractivity (Wildman–Crippen MR) is 98.2 cm³/mol. The Balaban J connectivity index is 5.10. The topological polar surface area (TPSA) is 165 Å². The number of hydrogen-bond acceptors (Lipinski definition) is 5. The zero-order chi connectivity index (χ0) is 20.3. The normalized spacial score (nSPS) is 14.3. The molecule has 0 aromatic rings. The van der Waals surface area contributed by atoms with E-state index in [4.69, 9.17) is 11.5 Å². The number of carbonyl (C=O) groups is 4. The Morgan fingerprint density at radius 2 is 1.81 bits per heavy atom. The molecule has 26 heavy (non-hydrogen) atoms. The number of carbonyl (C=O) groups excluding carboxylic acids is 3. The molecule has 7 N–H and O–H groups in total. The van der Waals surface area contributed by atoms with E-state index in [2.05, 4.69) is 16.5 Å². The molecule has 0 heterocycles. The van der Waals surface area contributed by atoms with Gasteiger partial charge in [0.05, 0.1) is 0 Å². The van der Waals surface area contributed by atoms with Crippen LogP contribution in [0.3, 0.4) is 0 Å². The molecule has 0 saturated heterocycles. The molecule has 0 aromatic heterocycles. The molecule has 0 unspecified atom stereocenters. The monoisotopic (exact) mass is 438 g/mol. The molecule has 0 fully saturated rings. The molecule has 0 spiro atoms. The van der Waals surface area contributed by atoms with Gasteiger partial charge in [-0.25, -0.2) is 0 Å². The first kappa shape index (κ1) is 24.4. The number of nitrogens with two attached hydrogens (primary N) is 2. The summed E-state index contributed by atoms with van der Waals surface area (Å²) >= 11 is 0.463. The molecule has 9 nitrogen and oxygen atoms in total. The number of primary amides is 1. The molecule has 0 rings (SSSR count). The van der Waals surface area contributed by atoms with E-state index < -0.39 is 29.5 Å². The maximum atomic E-state index is 12.6. The van der Waals surface area contributed by atoms with Gasteiger partial charge in [-0.2, -0.15) is 0 Å². The molecule has 0 aliphatic rings. The minimum atomic E-state index is -1.72. The molecule has 2 atom stereocenters. The fraction of sp³-hybridized carbons (Fsp3) is 0.750. The summed E-state index contributed by atoms with van der Waals surface area (Å²) in [6, 6.07) is -1.32. The third-order valence-corrected chi connectivity index (χ3v) is 5.00. The first-order valence-electron chi connectivity index (χ1n) is 8.42. The summed E-state index contributed by atoms with van der Waals surface area (Å²) in [4.78, 5) is 46.9. The van der Waals surface area contributed by atoms with E-state index in [0.29, 0.717) is 21.4 Å². The van der Waals surface area contributed by atoms with Crippen LogP contribution in [-0.2, 0) is 19.2 Å². The van der Waals surface area contributed by atoms with Crippen LogP contribution in [0.25, 0.3) is 0 Å². The van der Waals surface area contributed by atoms with Gasteiger partial charge in [0.15, 0.2) is 0 Å². The average Bonchev–Trinajstić information content (AvgIpc) is 2.49. The molecule has 10 heteroatoms. The summed E-state index contributed by atoms with van der Waals surface area (Å²) in [5.74, 6) is -1.06. The number of carboxylic acids is 1. The second kappa shape index (κ2) is 11.9. The Hall–Kier alpha value is -1.64. The molecular weight excluding hydrogens is 407 g/mol. The van der Waals surface area contributed by atoms with Crippen LogP contribution >= 0.6 is 0 Å². The van der Waals surface area contributed by atoms with Crippen molar-refractivity contribution in [1.82, 2.24) is 10.6 Å². The van der Waals surface area contributed by atoms with Gasteiger partial charge in [-0.15, -0.1) is 0 Å². The maximum absolute atomic E-state index is 12.6. The molecular formula is C16H30N4O5Se. The summed E-state index contributed by atoms with van der Waals surface area (Å²) in [5.41, 5.74) is 9.43. The van der Waals surface area contributed by atoms with Gasteiger partial charge in [-0.3, -0.25) is 4.79 Å². The van der Waals surface area contributed by atoms with Gasteiger partial charge in [-0.1, -0.05) is 0 Å². The number of rotatable bonds is 13. The van der Waals surface area contributed by atoms with Crippen molar-refractivity contribution in [3.05, 3.63) is 0 Å². The average molecular weight is 437 g/mol. The third-order valence-electron chi connectivity index (χ3n) is 3.53. The molecule has 0 aliphatic heterocycles. The van der Waals surface area contributed by atoms with Crippen LogP contribution in [0.1, 0.15) is 46.0 Å². The Morgan fingerprint density at radius 3 is 2.27 bits per heavy atom. The van der Waals surface area contributed by atoms with Crippen molar-refractivity contribution in [1.29, 1.82) is 0 Å². The van der Waals surface area contributed by atoms with Crippen molar-refractivity contribution < 1.29 is 24.3 Å². The Labute approximate surface area is 160 Å². The number of nitrogens with one attached hydrogen (secondary N) is 2. The van der Waals surface area contributed by atoms with Gasteiger partial charge in [0.2, 0.25) is 0 Å². The molecule has 150 valence electrons. The van der Waals surface area contributed by atoms with Crippen molar-refractivity contribution in [2.45, 2.75) is 68.8 Å². The van der Waals surface area contributed by atoms with Crippen LogP contribution in [0.2, 0.25) is 11.1 Å². The van der Waals surface area contributed by atoms with Crippen LogP contribution in [0.4, 0.5) is 0 Å². The molecule has 0 bridgehead atoms. The van der Waals surface area contributed by atoms with Crippen LogP contribution in [0.15, 0.2) is 0 Å². The van der Waals surface area contributed by atoms with Crippen LogP contribution in [0, 0.1) is 5.92 Å². The number of carboxylic acid groups (broad SMARTS) is 1. The third kappa shape index (κ3) is 9.74. The fourth-order valence-corrected chi connectivity index (χ4v) is 3.27. The van der Waals surface area contributed by atoms with E-state index in [9.17, 15) is 24.3 Å². The van der Waals surface area contributed by atoms with Gasteiger partial charge >= 0.3 is 149 Å². The molecule has 0 aliphatic carbocycles. The minimum absolute atomic E-state index is 0.0149. The second-order valence-corrected chi connectivity index (χ2v) is 8.65. The van der Waals surface area contributed by atoms with Crippen molar-refractivity contribution in [3.8, 4) is 0 Å². The zero-order valence-electron chi connectivity index (χ0n) is 15.5. The van der Waals surface area contributed by atoms with E-state index in [1.54, 1.807) is 0 Å². The van der Waals surface area contributed by atoms with Gasteiger partial charge in [0.1, 0.15) is 0 Å². The summed E-state index contributed by atoms with van der Waals surface area (Å²) in [5, 5.41) is 15.0. The SMILES string of the molecule is C[Se]CCCC(=O)N[C@@](N)(CC(C)C)C(=O)N[C@@H](CCC(N)=O)C(=O)O. The fourth-order valence-electron chi connectivity index (χ4n) is 2.36. The molecule has 0 radical (unpaired) electrons. The summed E-state index contributed by atoms with van der Waals surface area (Å²) in [6.45, 7) is 3.67. The van der Waals surface area contributed by atoms with Crippen LogP contribution in [0.5, 0.6) is 0 Å². The van der Waals surface area contributed by atoms with Gasteiger partial charge in [0.25, 0.3) is 0 Å². The van der Waals surface area contributed by atoms with Gasteiger partial charge < -0.3 is 5.73 Å². The van der Waals surface area contributed by atoms with E-state index in [-0.39, 0.29) is 37.5 Å². The Bertz CT molecular complexity index is 515. The molecule has 0 aromatic carbocycles. The quantitative estimate of drug-likeness (QED) is 0.149. The van der Waals surface area contributed by atoms with E-state index in [1.807, 2.05) is 13.8 Å². The Kier molecular flexibility index (Phi) is 11.1. The first-order chi connectivity index (χ1) is 12.0. The number of hydrogen-bond donors (Lipinski definition) is 5. The molecule has 3 amide bonds. The van der Waals surface area contributed by atoms with Crippen LogP contribution in [-0.4, -0.2) is 55.5 Å². The van der Waals surface area contributed by atoms with Crippen molar-refractivity contribution in [3.63, 3.8) is 0 Å². The van der Waals surface area contributed by atoms with E-state index >= 15 is 0 Å². The van der Waals surface area contributed by atoms with E-state index in [1.165, 1.54) is 0 Å². The van der Waals surface area contributed by atoms with Crippen molar-refractivity contribution >= 4 is 38.6 Å². The van der Waals surface area contributed by atoms with Crippen LogP contribution < -0.4 is 22.1 Å². The van der Waals surface area contributed by atoms with Crippen molar-refractivity contribution in [2.24, 2.45) is 17.4 Å². The summed E-state index contributed by atoms with van der Waals surface area (Å²) < 4.78 is 0. The second-order valence-electron chi connectivity index (χ2n) is 6.58. The van der Waals surface area contributed by atoms with E-state index in [0.717, 1.165) is 5.32 Å². The van der Waals surface area contributed by atoms with Gasteiger partial charge in [-0.05, 0) is 0 Å². The van der Waals surface area contributed by atoms with Gasteiger partial charge in [0, 0.05) is 0 Å². The Morgan fingerprint density at radius 1 is 1.19 bits per heavy atom. The standard InChI is InChI=1S/C16H30N4O5Se/c1-10(2)9-16(18,20-13(22)5-4-8-26-3)15(25)19-11(14(23)24)6-7-12(17)21/h10-11H,4-9,18H2,1-3H3,(H2,17,21)(H,19,25)(H,20,22)(H,23,24)/t11-,16-/m0/s1. The number of aliphatic carboxylic acids is 1. The summed E-state index contributed by atoms with van der Waals surface area (Å²) in [6.07, 6.45) is 0.761. The first-order valence-corrected chi connectivity index (χ1v) is 11.3. The van der Waals surface area contributed by atoms with Crippen molar-refractivity contribution in [2.75, 3.05) is 0 Å². The number of amides is 3. The summed E-state index contributed by atoms with van der Waals surface area (Å²) in [7, 11) is 0.